The van der Waals surface area contributed by atoms with E-state index >= 15 is 0 Å². The average molecular weight is 257 g/mol. The van der Waals surface area contributed by atoms with Gasteiger partial charge in [-0.2, -0.15) is 0 Å². The van der Waals surface area contributed by atoms with E-state index < -0.39 is 23.5 Å². The number of halogens is 2. The Morgan fingerprint density at radius 3 is 2.56 bits per heavy atom. The Bertz CT molecular complexity index is 475. The molecular weight excluding hydrogens is 244 g/mol. The van der Waals surface area contributed by atoms with Crippen LogP contribution >= 0.6 is 0 Å². The molecule has 0 aliphatic carbocycles. The Hall–Kier alpha value is -1.98. The third-order valence-electron chi connectivity index (χ3n) is 2.19. The Labute approximate surface area is 103 Å². The fourth-order valence-electron chi connectivity index (χ4n) is 1.29. The molecule has 0 saturated heterocycles. The van der Waals surface area contributed by atoms with Crippen LogP contribution in [0.3, 0.4) is 0 Å². The SMILES string of the molecule is CCOC(=O)CNC(=O)c1cc(C)c(F)cc1F. The minimum Gasteiger partial charge on any atom is -0.465 e. The van der Waals surface area contributed by atoms with E-state index in [1.807, 2.05) is 0 Å². The maximum atomic E-state index is 13.3. The number of benzene rings is 1. The third kappa shape index (κ3) is 3.51. The van der Waals surface area contributed by atoms with Gasteiger partial charge in [0, 0.05) is 6.07 Å². The number of nitrogens with one attached hydrogen (secondary N) is 1. The first-order valence-corrected chi connectivity index (χ1v) is 5.35. The van der Waals surface area contributed by atoms with Gasteiger partial charge in [0.05, 0.1) is 12.2 Å². The number of esters is 1. The minimum atomic E-state index is -0.973. The number of rotatable bonds is 4. The summed E-state index contributed by atoms with van der Waals surface area (Å²) >= 11 is 0. The fraction of sp³-hybridized carbons (Fsp3) is 0.333. The van der Waals surface area contributed by atoms with Gasteiger partial charge in [0.1, 0.15) is 18.2 Å². The van der Waals surface area contributed by atoms with Gasteiger partial charge in [-0.25, -0.2) is 8.78 Å². The molecule has 0 aromatic heterocycles. The monoisotopic (exact) mass is 257 g/mol. The molecule has 98 valence electrons. The Balaban J connectivity index is 2.73. The lowest BCUT2D eigenvalue weighted by atomic mass is 10.1. The van der Waals surface area contributed by atoms with Crippen molar-refractivity contribution in [3.8, 4) is 0 Å². The van der Waals surface area contributed by atoms with Crippen LogP contribution in [0.2, 0.25) is 0 Å². The highest BCUT2D eigenvalue weighted by Crippen LogP contribution is 2.13. The summed E-state index contributed by atoms with van der Waals surface area (Å²) < 4.78 is 30.9. The van der Waals surface area contributed by atoms with Gasteiger partial charge in [-0.3, -0.25) is 9.59 Å². The van der Waals surface area contributed by atoms with E-state index in [4.69, 9.17) is 0 Å². The number of amides is 1. The number of hydrogen-bond donors (Lipinski definition) is 1. The number of ether oxygens (including phenoxy) is 1. The van der Waals surface area contributed by atoms with Gasteiger partial charge in [0.2, 0.25) is 0 Å². The van der Waals surface area contributed by atoms with Gasteiger partial charge in [-0.1, -0.05) is 0 Å². The molecule has 0 unspecified atom stereocenters. The molecule has 1 N–H and O–H groups in total. The largest absolute Gasteiger partial charge is 0.465 e. The number of carbonyl (C=O) groups excluding carboxylic acids is 2. The fourth-order valence-corrected chi connectivity index (χ4v) is 1.29. The van der Waals surface area contributed by atoms with Gasteiger partial charge in [0.25, 0.3) is 5.91 Å². The van der Waals surface area contributed by atoms with Crippen molar-refractivity contribution in [2.24, 2.45) is 0 Å². The molecule has 6 heteroatoms. The standard InChI is InChI=1S/C12H13F2NO3/c1-3-18-11(16)6-15-12(17)8-4-7(2)9(13)5-10(8)14/h4-5H,3,6H2,1-2H3,(H,15,17). The highest BCUT2D eigenvalue weighted by atomic mass is 19.1. The molecule has 0 fully saturated rings. The van der Waals surface area contributed by atoms with Crippen LogP contribution in [0, 0.1) is 18.6 Å². The van der Waals surface area contributed by atoms with E-state index in [2.05, 4.69) is 10.1 Å². The van der Waals surface area contributed by atoms with Crippen LogP contribution in [0.15, 0.2) is 12.1 Å². The second-order valence-corrected chi connectivity index (χ2v) is 3.57. The predicted octanol–water partition coefficient (Wildman–Crippen LogP) is 1.57. The molecule has 1 amide bonds. The van der Waals surface area contributed by atoms with Gasteiger partial charge >= 0.3 is 5.97 Å². The molecule has 0 aliphatic rings. The zero-order valence-corrected chi connectivity index (χ0v) is 10.0. The van der Waals surface area contributed by atoms with Gasteiger partial charge < -0.3 is 10.1 Å². The summed E-state index contributed by atoms with van der Waals surface area (Å²) in [6, 6.07) is 1.72. The van der Waals surface area contributed by atoms with E-state index in [1.165, 1.54) is 6.92 Å². The van der Waals surface area contributed by atoms with Gasteiger partial charge in [-0.15, -0.1) is 0 Å². The van der Waals surface area contributed by atoms with E-state index in [0.29, 0.717) is 6.07 Å². The maximum Gasteiger partial charge on any atom is 0.325 e. The summed E-state index contributed by atoms with van der Waals surface area (Å²) in [6.45, 7) is 2.88. The van der Waals surface area contributed by atoms with Crippen LogP contribution in [0.5, 0.6) is 0 Å². The number of carbonyl (C=O) groups is 2. The second-order valence-electron chi connectivity index (χ2n) is 3.57. The maximum absolute atomic E-state index is 13.3. The number of hydrogen-bond acceptors (Lipinski definition) is 3. The summed E-state index contributed by atoms with van der Waals surface area (Å²) in [5, 5.41) is 2.20. The molecule has 4 nitrogen and oxygen atoms in total. The van der Waals surface area contributed by atoms with E-state index in [-0.39, 0.29) is 24.3 Å². The summed E-state index contributed by atoms with van der Waals surface area (Å²) in [5.74, 6) is -3.11. The Kier molecular flexibility index (Phi) is 4.76. The highest BCUT2D eigenvalue weighted by molar-refractivity contribution is 5.96. The summed E-state index contributed by atoms with van der Waals surface area (Å²) in [6.07, 6.45) is 0. The summed E-state index contributed by atoms with van der Waals surface area (Å²) in [5.41, 5.74) is -0.157. The van der Waals surface area contributed by atoms with Crippen molar-refractivity contribution in [2.45, 2.75) is 13.8 Å². The minimum absolute atomic E-state index is 0.151. The lowest BCUT2D eigenvalue weighted by Crippen LogP contribution is -2.31. The molecule has 1 aromatic carbocycles. The van der Waals surface area contributed by atoms with Crippen molar-refractivity contribution < 1.29 is 23.1 Å². The average Bonchev–Trinajstić information content (AvgIpc) is 2.31. The zero-order chi connectivity index (χ0) is 13.7. The van der Waals surface area contributed by atoms with Crippen LogP contribution in [0.1, 0.15) is 22.8 Å². The Morgan fingerprint density at radius 1 is 1.28 bits per heavy atom. The van der Waals surface area contributed by atoms with Crippen LogP contribution in [0.4, 0.5) is 8.78 Å². The zero-order valence-electron chi connectivity index (χ0n) is 10.0. The van der Waals surface area contributed by atoms with E-state index in [1.54, 1.807) is 6.92 Å². The molecule has 0 bridgehead atoms. The van der Waals surface area contributed by atoms with Crippen molar-refractivity contribution in [1.82, 2.24) is 5.32 Å². The quantitative estimate of drug-likeness (QED) is 0.833. The Morgan fingerprint density at radius 2 is 1.94 bits per heavy atom. The van der Waals surface area contributed by atoms with Crippen molar-refractivity contribution in [1.29, 1.82) is 0 Å². The first-order valence-electron chi connectivity index (χ1n) is 5.35. The first-order chi connectivity index (χ1) is 8.45. The van der Waals surface area contributed by atoms with E-state index in [9.17, 15) is 18.4 Å². The molecule has 18 heavy (non-hydrogen) atoms. The molecule has 0 heterocycles. The number of aryl methyl sites for hydroxylation is 1. The van der Waals surface area contributed by atoms with Gasteiger partial charge in [-0.05, 0) is 25.5 Å². The van der Waals surface area contributed by atoms with Crippen LogP contribution in [-0.4, -0.2) is 25.0 Å². The van der Waals surface area contributed by atoms with Crippen LogP contribution < -0.4 is 5.32 Å². The lowest BCUT2D eigenvalue weighted by Gasteiger charge is -2.07. The van der Waals surface area contributed by atoms with Crippen molar-refractivity contribution in [3.63, 3.8) is 0 Å². The normalized spacial score (nSPS) is 10.0. The molecule has 0 spiro atoms. The molecule has 1 aromatic rings. The van der Waals surface area contributed by atoms with Crippen LogP contribution in [0.25, 0.3) is 0 Å². The smallest absolute Gasteiger partial charge is 0.325 e. The van der Waals surface area contributed by atoms with Crippen molar-refractivity contribution >= 4 is 11.9 Å². The molecule has 0 atom stereocenters. The highest BCUT2D eigenvalue weighted by Gasteiger charge is 2.15. The predicted molar refractivity (Wildman–Crippen MR) is 60.1 cm³/mol. The molecule has 0 radical (unpaired) electrons. The first kappa shape index (κ1) is 14.1. The van der Waals surface area contributed by atoms with Crippen molar-refractivity contribution in [3.05, 3.63) is 34.9 Å². The second kappa shape index (κ2) is 6.09. The third-order valence-corrected chi connectivity index (χ3v) is 2.19. The lowest BCUT2D eigenvalue weighted by molar-refractivity contribution is -0.141. The molecular formula is C12H13F2NO3. The topological polar surface area (TPSA) is 55.4 Å². The molecule has 0 aliphatic heterocycles. The summed E-state index contributed by atoms with van der Waals surface area (Å²) in [4.78, 5) is 22.6. The van der Waals surface area contributed by atoms with Gasteiger partial charge in [0.15, 0.2) is 0 Å². The van der Waals surface area contributed by atoms with E-state index in [0.717, 1.165) is 6.07 Å². The van der Waals surface area contributed by atoms with Crippen molar-refractivity contribution in [2.75, 3.05) is 13.2 Å². The van der Waals surface area contributed by atoms with Crippen LogP contribution in [-0.2, 0) is 9.53 Å². The summed E-state index contributed by atoms with van der Waals surface area (Å²) in [7, 11) is 0. The molecule has 0 saturated carbocycles. The molecule has 1 rings (SSSR count).